The first-order valence-electron chi connectivity index (χ1n) is 10.3. The summed E-state index contributed by atoms with van der Waals surface area (Å²) in [5.41, 5.74) is 6.03. The first-order valence-corrected chi connectivity index (χ1v) is 12.6. The molecule has 2 amide bonds. The fourth-order valence-corrected chi connectivity index (χ4v) is 5.53. The standard InChI is InChI=1S/C24H24N4O3S2/c1-14-5-9-20(10-6-14)33(30,31)28-24-27-22-17(4)12-19(13-21(22)32-24)26-23(29)25-18-8-7-15(2)16(3)11-18/h5-13H,1-4H3,(H,27,28)(H2,25,26,29). The summed E-state index contributed by atoms with van der Waals surface area (Å²) in [5.74, 6) is 0. The number of nitrogens with one attached hydrogen (secondary N) is 3. The summed E-state index contributed by atoms with van der Waals surface area (Å²) in [4.78, 5) is 17.1. The topological polar surface area (TPSA) is 100 Å². The Morgan fingerprint density at radius 1 is 0.818 bits per heavy atom. The van der Waals surface area contributed by atoms with Crippen molar-refractivity contribution in [3.63, 3.8) is 0 Å². The monoisotopic (exact) mass is 480 g/mol. The Labute approximate surface area is 196 Å². The molecule has 0 unspecified atom stereocenters. The Kier molecular flexibility index (Phi) is 6.09. The number of hydrogen-bond acceptors (Lipinski definition) is 5. The number of anilines is 3. The van der Waals surface area contributed by atoms with Crippen LogP contribution in [0.3, 0.4) is 0 Å². The molecule has 0 aliphatic rings. The second-order valence-corrected chi connectivity index (χ2v) is 10.7. The lowest BCUT2D eigenvalue weighted by Crippen LogP contribution is -2.19. The average Bonchev–Trinajstić information content (AvgIpc) is 3.13. The Hall–Kier alpha value is -3.43. The smallest absolute Gasteiger partial charge is 0.308 e. The first-order chi connectivity index (χ1) is 15.6. The maximum Gasteiger partial charge on any atom is 0.323 e. The minimum absolute atomic E-state index is 0.175. The number of aryl methyl sites for hydroxylation is 4. The van der Waals surface area contributed by atoms with Crippen LogP contribution in [0.4, 0.5) is 21.3 Å². The molecular formula is C24H24N4O3S2. The van der Waals surface area contributed by atoms with Gasteiger partial charge in [0.2, 0.25) is 0 Å². The van der Waals surface area contributed by atoms with Crippen LogP contribution in [0.25, 0.3) is 10.2 Å². The number of carbonyl (C=O) groups is 1. The van der Waals surface area contributed by atoms with Gasteiger partial charge < -0.3 is 10.6 Å². The highest BCUT2D eigenvalue weighted by atomic mass is 32.2. The average molecular weight is 481 g/mol. The SMILES string of the molecule is Cc1ccc(S(=O)(=O)Nc2nc3c(C)cc(NC(=O)Nc4ccc(C)c(C)c4)cc3s2)cc1. The lowest BCUT2D eigenvalue weighted by molar-refractivity contribution is 0.262. The predicted molar refractivity (Wildman–Crippen MR) is 135 cm³/mol. The fraction of sp³-hybridized carbons (Fsp3) is 0.167. The van der Waals surface area contributed by atoms with E-state index in [-0.39, 0.29) is 16.1 Å². The zero-order chi connectivity index (χ0) is 23.8. The van der Waals surface area contributed by atoms with Crippen molar-refractivity contribution >= 4 is 54.1 Å². The molecule has 0 fully saturated rings. The van der Waals surface area contributed by atoms with Gasteiger partial charge in [0, 0.05) is 11.4 Å². The van der Waals surface area contributed by atoms with E-state index in [1.54, 1.807) is 36.4 Å². The number of urea groups is 1. The van der Waals surface area contributed by atoms with Gasteiger partial charge in [0.1, 0.15) is 0 Å². The van der Waals surface area contributed by atoms with Crippen molar-refractivity contribution in [3.8, 4) is 0 Å². The van der Waals surface area contributed by atoms with Gasteiger partial charge in [0.25, 0.3) is 10.0 Å². The molecular weight excluding hydrogens is 456 g/mol. The summed E-state index contributed by atoms with van der Waals surface area (Å²) in [6.45, 7) is 7.77. The molecule has 7 nitrogen and oxygen atoms in total. The van der Waals surface area contributed by atoms with Crippen LogP contribution in [-0.4, -0.2) is 19.4 Å². The number of thiazole rings is 1. The van der Waals surface area contributed by atoms with E-state index in [4.69, 9.17) is 0 Å². The summed E-state index contributed by atoms with van der Waals surface area (Å²) in [6.07, 6.45) is 0. The number of aromatic nitrogens is 1. The molecule has 4 rings (SSSR count). The summed E-state index contributed by atoms with van der Waals surface area (Å²) in [6, 6.07) is 15.6. The highest BCUT2D eigenvalue weighted by Crippen LogP contribution is 2.32. The number of sulfonamides is 1. The summed E-state index contributed by atoms with van der Waals surface area (Å²) >= 11 is 1.21. The predicted octanol–water partition coefficient (Wildman–Crippen LogP) is 5.97. The molecule has 0 atom stereocenters. The van der Waals surface area contributed by atoms with Crippen LogP contribution in [0.1, 0.15) is 22.3 Å². The number of rotatable bonds is 5. The fourth-order valence-electron chi connectivity index (χ4n) is 3.32. The van der Waals surface area contributed by atoms with E-state index in [9.17, 15) is 13.2 Å². The van der Waals surface area contributed by atoms with Crippen molar-refractivity contribution in [2.24, 2.45) is 0 Å². The quantitative estimate of drug-likeness (QED) is 0.327. The molecule has 0 saturated carbocycles. The number of nitrogens with zero attached hydrogens (tertiary/aromatic N) is 1. The van der Waals surface area contributed by atoms with Crippen molar-refractivity contribution in [1.29, 1.82) is 0 Å². The number of hydrogen-bond donors (Lipinski definition) is 3. The molecule has 3 aromatic carbocycles. The molecule has 0 aliphatic carbocycles. The first kappa shape index (κ1) is 22.8. The highest BCUT2D eigenvalue weighted by molar-refractivity contribution is 7.93. The van der Waals surface area contributed by atoms with Gasteiger partial charge in [-0.3, -0.25) is 4.72 Å². The van der Waals surface area contributed by atoms with Crippen molar-refractivity contribution in [2.75, 3.05) is 15.4 Å². The van der Waals surface area contributed by atoms with E-state index < -0.39 is 10.0 Å². The number of benzene rings is 3. The molecule has 0 spiro atoms. The highest BCUT2D eigenvalue weighted by Gasteiger charge is 2.17. The Morgan fingerprint density at radius 3 is 2.18 bits per heavy atom. The Balaban J connectivity index is 1.53. The lowest BCUT2D eigenvalue weighted by Gasteiger charge is -2.10. The molecule has 4 aromatic rings. The second-order valence-electron chi connectivity index (χ2n) is 7.96. The molecule has 1 heterocycles. The van der Waals surface area contributed by atoms with Crippen molar-refractivity contribution in [3.05, 3.63) is 76.9 Å². The van der Waals surface area contributed by atoms with Crippen LogP contribution in [0, 0.1) is 27.7 Å². The molecule has 3 N–H and O–H groups in total. The van der Waals surface area contributed by atoms with Gasteiger partial charge in [-0.1, -0.05) is 35.1 Å². The van der Waals surface area contributed by atoms with E-state index in [2.05, 4.69) is 20.3 Å². The molecule has 170 valence electrons. The normalized spacial score (nSPS) is 11.4. The molecule has 33 heavy (non-hydrogen) atoms. The second kappa shape index (κ2) is 8.84. The molecule has 0 aliphatic heterocycles. The number of fused-ring (bicyclic) bond motifs is 1. The zero-order valence-electron chi connectivity index (χ0n) is 18.7. The third kappa shape index (κ3) is 5.15. The maximum absolute atomic E-state index is 12.7. The van der Waals surface area contributed by atoms with Crippen molar-refractivity contribution < 1.29 is 13.2 Å². The van der Waals surface area contributed by atoms with Crippen LogP contribution in [0.15, 0.2) is 59.5 Å². The van der Waals surface area contributed by atoms with Crippen LogP contribution in [0.5, 0.6) is 0 Å². The molecule has 0 radical (unpaired) electrons. The number of amides is 2. The van der Waals surface area contributed by atoms with Crippen LogP contribution >= 0.6 is 11.3 Å². The van der Waals surface area contributed by atoms with Gasteiger partial charge in [-0.25, -0.2) is 18.2 Å². The van der Waals surface area contributed by atoms with E-state index in [0.29, 0.717) is 16.9 Å². The van der Waals surface area contributed by atoms with Crippen molar-refractivity contribution in [2.45, 2.75) is 32.6 Å². The van der Waals surface area contributed by atoms with Gasteiger partial charge in [-0.15, -0.1) is 0 Å². The van der Waals surface area contributed by atoms with E-state index >= 15 is 0 Å². The largest absolute Gasteiger partial charge is 0.323 e. The van der Waals surface area contributed by atoms with E-state index in [1.807, 2.05) is 45.9 Å². The third-order valence-electron chi connectivity index (χ3n) is 5.26. The van der Waals surface area contributed by atoms with Gasteiger partial charge >= 0.3 is 6.03 Å². The number of carbonyl (C=O) groups excluding carboxylic acids is 1. The maximum atomic E-state index is 12.7. The molecule has 0 saturated heterocycles. The zero-order valence-corrected chi connectivity index (χ0v) is 20.3. The minimum Gasteiger partial charge on any atom is -0.308 e. The van der Waals surface area contributed by atoms with Gasteiger partial charge in [0.15, 0.2) is 5.13 Å². The lowest BCUT2D eigenvalue weighted by atomic mass is 10.1. The van der Waals surface area contributed by atoms with Crippen LogP contribution in [-0.2, 0) is 10.0 Å². The molecule has 1 aromatic heterocycles. The Morgan fingerprint density at radius 2 is 1.48 bits per heavy atom. The van der Waals surface area contributed by atoms with E-state index in [0.717, 1.165) is 27.0 Å². The van der Waals surface area contributed by atoms with Crippen LogP contribution < -0.4 is 15.4 Å². The third-order valence-corrected chi connectivity index (χ3v) is 7.66. The summed E-state index contributed by atoms with van der Waals surface area (Å²) < 4.78 is 28.7. The summed E-state index contributed by atoms with van der Waals surface area (Å²) in [5, 5.41) is 5.94. The minimum atomic E-state index is -3.74. The van der Waals surface area contributed by atoms with Gasteiger partial charge in [-0.05, 0) is 80.8 Å². The van der Waals surface area contributed by atoms with Crippen LogP contribution in [0.2, 0.25) is 0 Å². The molecule has 9 heteroatoms. The Bertz CT molecular complexity index is 1460. The van der Waals surface area contributed by atoms with Gasteiger partial charge in [-0.2, -0.15) is 0 Å². The van der Waals surface area contributed by atoms with Crippen molar-refractivity contribution in [1.82, 2.24) is 4.98 Å². The van der Waals surface area contributed by atoms with E-state index in [1.165, 1.54) is 11.3 Å². The molecule has 0 bridgehead atoms. The summed E-state index contributed by atoms with van der Waals surface area (Å²) in [7, 11) is -3.74. The van der Waals surface area contributed by atoms with Gasteiger partial charge in [0.05, 0.1) is 15.1 Å².